The number of carbonyl (C=O) groups is 1. The van der Waals surface area contributed by atoms with Crippen molar-refractivity contribution in [2.45, 2.75) is 12.5 Å². The van der Waals surface area contributed by atoms with E-state index < -0.39 is 6.10 Å². The molecule has 1 unspecified atom stereocenters. The van der Waals surface area contributed by atoms with Gasteiger partial charge in [0.25, 0.3) is 0 Å². The van der Waals surface area contributed by atoms with E-state index in [0.717, 1.165) is 16.8 Å². The molecule has 3 aromatic carbocycles. The number of ether oxygens (including phenoxy) is 1. The minimum atomic E-state index is -0.463. The Labute approximate surface area is 167 Å². The molecule has 5 rings (SSSR count). The molecule has 0 N–H and O–H groups in total. The zero-order valence-corrected chi connectivity index (χ0v) is 15.5. The Hall–Kier alpha value is -3.73. The monoisotopic (exact) mass is 384 g/mol. The molecule has 0 aliphatic carbocycles. The maximum Gasteiger partial charge on any atom is 0.170 e. The molecule has 0 saturated heterocycles. The Morgan fingerprint density at radius 1 is 0.931 bits per heavy atom. The van der Waals surface area contributed by atoms with Crippen LogP contribution < -0.4 is 4.74 Å². The Bertz CT molecular complexity index is 1180. The minimum absolute atomic E-state index is 0.0365. The fraction of sp³-hybridized carbons (Fsp3) is 0.0833. The van der Waals surface area contributed by atoms with Gasteiger partial charge in [-0.05, 0) is 48.5 Å². The summed E-state index contributed by atoms with van der Waals surface area (Å²) in [7, 11) is 0. The predicted molar refractivity (Wildman–Crippen MR) is 108 cm³/mol. The Morgan fingerprint density at radius 3 is 2.45 bits per heavy atom. The highest BCUT2D eigenvalue weighted by atomic mass is 19.1. The summed E-state index contributed by atoms with van der Waals surface area (Å²) in [4.78, 5) is 12.7. The molecule has 2 heterocycles. The molecule has 1 aromatic heterocycles. The van der Waals surface area contributed by atoms with Crippen LogP contribution in [0.2, 0.25) is 0 Å². The van der Waals surface area contributed by atoms with Crippen LogP contribution in [-0.2, 0) is 0 Å². The lowest BCUT2D eigenvalue weighted by molar-refractivity contribution is 0.0851. The average molecular weight is 384 g/mol. The number of benzene rings is 3. The maximum absolute atomic E-state index is 13.4. The Balaban J connectivity index is 1.62. The van der Waals surface area contributed by atoms with Gasteiger partial charge in [0.05, 0.1) is 23.4 Å². The van der Waals surface area contributed by atoms with E-state index in [0.29, 0.717) is 17.0 Å². The third-order valence-corrected chi connectivity index (χ3v) is 5.06. The molecule has 4 nitrogen and oxygen atoms in total. The molecule has 0 bridgehead atoms. The van der Waals surface area contributed by atoms with E-state index in [1.54, 1.807) is 28.9 Å². The SMILES string of the molecule is O=C1CC(c2cn(-c3ccccc3)nc2-c2ccc(F)cc2)Oc2ccccc21. The number of rotatable bonds is 3. The van der Waals surface area contributed by atoms with Gasteiger partial charge in [0.1, 0.15) is 17.7 Å². The summed E-state index contributed by atoms with van der Waals surface area (Å²) < 4.78 is 21.4. The van der Waals surface area contributed by atoms with Crippen LogP contribution in [0.5, 0.6) is 5.75 Å². The first-order valence-electron chi connectivity index (χ1n) is 9.39. The van der Waals surface area contributed by atoms with Crippen molar-refractivity contribution in [1.29, 1.82) is 0 Å². The molecule has 0 spiro atoms. The lowest BCUT2D eigenvalue weighted by atomic mass is 9.95. The minimum Gasteiger partial charge on any atom is -0.484 e. The number of nitrogens with zero attached hydrogens (tertiary/aromatic N) is 2. The number of carbonyl (C=O) groups excluding carboxylic acids is 1. The third-order valence-electron chi connectivity index (χ3n) is 5.06. The van der Waals surface area contributed by atoms with Gasteiger partial charge in [-0.2, -0.15) is 5.10 Å². The van der Waals surface area contributed by atoms with Crippen LogP contribution >= 0.6 is 0 Å². The second-order valence-corrected chi connectivity index (χ2v) is 6.95. The third kappa shape index (κ3) is 3.21. The highest BCUT2D eigenvalue weighted by Gasteiger charge is 2.31. The van der Waals surface area contributed by atoms with E-state index in [2.05, 4.69) is 0 Å². The lowest BCUT2D eigenvalue weighted by Crippen LogP contribution is -2.20. The quantitative estimate of drug-likeness (QED) is 0.476. The highest BCUT2D eigenvalue weighted by Crippen LogP contribution is 2.38. The number of hydrogen-bond donors (Lipinski definition) is 0. The summed E-state index contributed by atoms with van der Waals surface area (Å²) in [6.45, 7) is 0. The van der Waals surface area contributed by atoms with Gasteiger partial charge in [0.15, 0.2) is 5.78 Å². The smallest absolute Gasteiger partial charge is 0.170 e. The molecule has 1 aliphatic heterocycles. The van der Waals surface area contributed by atoms with E-state index in [9.17, 15) is 9.18 Å². The number of aromatic nitrogens is 2. The van der Waals surface area contributed by atoms with E-state index in [1.165, 1.54) is 12.1 Å². The molecule has 0 amide bonds. The number of hydrogen-bond acceptors (Lipinski definition) is 3. The summed E-state index contributed by atoms with van der Waals surface area (Å²) in [6, 6.07) is 23.2. The molecule has 0 radical (unpaired) electrons. The Kier molecular flexibility index (Phi) is 4.21. The van der Waals surface area contributed by atoms with Crippen LogP contribution in [0.4, 0.5) is 4.39 Å². The molecule has 29 heavy (non-hydrogen) atoms. The molecular formula is C24H17FN2O2. The van der Waals surface area contributed by atoms with Gasteiger partial charge in [0, 0.05) is 17.3 Å². The van der Waals surface area contributed by atoms with Crippen molar-refractivity contribution in [3.05, 3.63) is 102 Å². The van der Waals surface area contributed by atoms with Crippen LogP contribution in [0.15, 0.2) is 85.1 Å². The van der Waals surface area contributed by atoms with Crippen molar-refractivity contribution in [2.24, 2.45) is 0 Å². The van der Waals surface area contributed by atoms with E-state index in [-0.39, 0.29) is 18.0 Å². The van der Waals surface area contributed by atoms with Crippen LogP contribution in [0.3, 0.4) is 0 Å². The van der Waals surface area contributed by atoms with Crippen molar-refractivity contribution in [3.8, 4) is 22.7 Å². The van der Waals surface area contributed by atoms with Crippen molar-refractivity contribution in [3.63, 3.8) is 0 Å². The molecule has 1 atom stereocenters. The predicted octanol–water partition coefficient (Wildman–Crippen LogP) is 5.38. The van der Waals surface area contributed by atoms with Crippen LogP contribution in [-0.4, -0.2) is 15.6 Å². The highest BCUT2D eigenvalue weighted by molar-refractivity contribution is 6.00. The first kappa shape index (κ1) is 17.4. The summed E-state index contributed by atoms with van der Waals surface area (Å²) in [5, 5.41) is 4.74. The number of ketones is 1. The van der Waals surface area contributed by atoms with Crippen molar-refractivity contribution in [1.82, 2.24) is 9.78 Å². The van der Waals surface area contributed by atoms with Crippen LogP contribution in [0.25, 0.3) is 16.9 Å². The van der Waals surface area contributed by atoms with E-state index in [1.807, 2.05) is 48.7 Å². The maximum atomic E-state index is 13.4. The van der Waals surface area contributed by atoms with E-state index in [4.69, 9.17) is 9.84 Å². The number of Topliss-reactive ketones (excluding diaryl/α,β-unsaturated/α-hetero) is 1. The van der Waals surface area contributed by atoms with Crippen molar-refractivity contribution < 1.29 is 13.9 Å². The van der Waals surface area contributed by atoms with Gasteiger partial charge in [-0.15, -0.1) is 0 Å². The molecule has 1 aliphatic rings. The zero-order valence-electron chi connectivity index (χ0n) is 15.5. The first-order chi connectivity index (χ1) is 14.2. The topological polar surface area (TPSA) is 44.1 Å². The molecule has 0 fully saturated rings. The summed E-state index contributed by atoms with van der Waals surface area (Å²) >= 11 is 0. The second kappa shape index (κ2) is 7.02. The van der Waals surface area contributed by atoms with Gasteiger partial charge >= 0.3 is 0 Å². The summed E-state index contributed by atoms with van der Waals surface area (Å²) in [5.41, 5.74) is 3.73. The zero-order chi connectivity index (χ0) is 19.8. The summed E-state index contributed by atoms with van der Waals surface area (Å²) in [5.74, 6) is 0.302. The fourth-order valence-electron chi connectivity index (χ4n) is 3.61. The lowest BCUT2D eigenvalue weighted by Gasteiger charge is -2.25. The van der Waals surface area contributed by atoms with E-state index >= 15 is 0 Å². The molecule has 142 valence electrons. The largest absolute Gasteiger partial charge is 0.484 e. The fourth-order valence-corrected chi connectivity index (χ4v) is 3.61. The van der Waals surface area contributed by atoms with Crippen molar-refractivity contribution >= 4 is 5.78 Å². The van der Waals surface area contributed by atoms with Gasteiger partial charge < -0.3 is 4.74 Å². The molecule has 0 saturated carbocycles. The standard InChI is InChI=1S/C24H17FN2O2/c25-17-12-10-16(11-13-17)24-20(15-27(26-24)18-6-2-1-3-7-18)23-14-21(28)19-8-4-5-9-22(19)29-23/h1-13,15,23H,14H2. The first-order valence-corrected chi connectivity index (χ1v) is 9.39. The van der Waals surface area contributed by atoms with Gasteiger partial charge in [0.2, 0.25) is 0 Å². The summed E-state index contributed by atoms with van der Waals surface area (Å²) in [6.07, 6.45) is 1.65. The van der Waals surface area contributed by atoms with Gasteiger partial charge in [-0.1, -0.05) is 30.3 Å². The number of halogens is 1. The van der Waals surface area contributed by atoms with Crippen LogP contribution in [0.1, 0.15) is 28.4 Å². The van der Waals surface area contributed by atoms with Crippen LogP contribution in [0, 0.1) is 5.82 Å². The van der Waals surface area contributed by atoms with Gasteiger partial charge in [-0.3, -0.25) is 4.79 Å². The number of para-hydroxylation sites is 2. The molecule has 4 aromatic rings. The average Bonchev–Trinajstić information content (AvgIpc) is 3.20. The van der Waals surface area contributed by atoms with Crippen molar-refractivity contribution in [2.75, 3.05) is 0 Å². The molecular weight excluding hydrogens is 367 g/mol. The Morgan fingerprint density at radius 2 is 1.66 bits per heavy atom. The normalized spacial score (nSPS) is 15.6. The van der Waals surface area contributed by atoms with Gasteiger partial charge in [-0.25, -0.2) is 9.07 Å². The second-order valence-electron chi connectivity index (χ2n) is 6.95. The molecule has 5 heteroatoms. The number of fused-ring (bicyclic) bond motifs is 1.